The van der Waals surface area contributed by atoms with Crippen molar-refractivity contribution in [1.29, 1.82) is 0 Å². The molecule has 5 heteroatoms. The van der Waals surface area contributed by atoms with Crippen molar-refractivity contribution >= 4 is 34.8 Å². The Labute approximate surface area is 260 Å². The van der Waals surface area contributed by atoms with Crippen LogP contribution in [0, 0.1) is 13.8 Å². The van der Waals surface area contributed by atoms with Gasteiger partial charge in [0.05, 0.1) is 6.54 Å². The number of benzene rings is 4. The number of anilines is 1. The van der Waals surface area contributed by atoms with Crippen LogP contribution in [0.25, 0.3) is 10.8 Å². The van der Waals surface area contributed by atoms with Crippen molar-refractivity contribution in [1.82, 2.24) is 9.80 Å². The van der Waals surface area contributed by atoms with Gasteiger partial charge < -0.3 is 5.32 Å². The number of halogens is 1. The monoisotopic (exact) mass is 587 g/mol. The lowest BCUT2D eigenvalue weighted by Crippen LogP contribution is -2.33. The van der Waals surface area contributed by atoms with E-state index in [1.807, 2.05) is 32.0 Å². The summed E-state index contributed by atoms with van der Waals surface area (Å²) in [5.41, 5.74) is 7.53. The molecule has 0 aliphatic heterocycles. The molecule has 0 fully saturated rings. The maximum absolute atomic E-state index is 11.9. The van der Waals surface area contributed by atoms with Gasteiger partial charge in [-0.15, -0.1) is 12.4 Å². The van der Waals surface area contributed by atoms with Crippen molar-refractivity contribution in [3.05, 3.63) is 113 Å². The van der Waals surface area contributed by atoms with Crippen LogP contribution in [-0.2, 0) is 23.3 Å². The Morgan fingerprint density at radius 3 is 1.93 bits per heavy atom. The van der Waals surface area contributed by atoms with Crippen molar-refractivity contribution in [2.45, 2.75) is 67.0 Å². The molecule has 4 aromatic carbocycles. The van der Waals surface area contributed by atoms with Crippen LogP contribution in [-0.4, -0.2) is 42.4 Å². The summed E-state index contributed by atoms with van der Waals surface area (Å²) < 4.78 is 0. The zero-order valence-corrected chi connectivity index (χ0v) is 27.6. The molecule has 226 valence electrons. The molecule has 0 heterocycles. The van der Waals surface area contributed by atoms with Crippen LogP contribution >= 0.6 is 12.4 Å². The van der Waals surface area contributed by atoms with Gasteiger partial charge in [0.2, 0.25) is 5.91 Å². The smallest absolute Gasteiger partial charge is 0.238 e. The van der Waals surface area contributed by atoms with E-state index in [2.05, 4.69) is 124 Å². The van der Waals surface area contributed by atoms with Crippen molar-refractivity contribution in [2.24, 2.45) is 0 Å². The summed E-state index contributed by atoms with van der Waals surface area (Å²) in [5.74, 6) is 0.0612. The summed E-state index contributed by atoms with van der Waals surface area (Å²) in [4.78, 5) is 16.4. The maximum atomic E-state index is 11.9. The highest BCUT2D eigenvalue weighted by Gasteiger charge is 2.13. The second-order valence-corrected chi connectivity index (χ2v) is 12.0. The van der Waals surface area contributed by atoms with Gasteiger partial charge in [-0.25, -0.2) is 0 Å². The second kappa shape index (κ2) is 16.5. The van der Waals surface area contributed by atoms with E-state index >= 15 is 0 Å². The molecule has 4 rings (SSSR count). The third kappa shape index (κ3) is 10.3. The minimum Gasteiger partial charge on any atom is -0.324 e. The zero-order chi connectivity index (χ0) is 30.0. The summed E-state index contributed by atoms with van der Waals surface area (Å²) in [6, 6.07) is 30.3. The summed E-state index contributed by atoms with van der Waals surface area (Å²) >= 11 is 0. The fourth-order valence-corrected chi connectivity index (χ4v) is 5.04. The van der Waals surface area contributed by atoms with Crippen LogP contribution in [0.4, 0.5) is 5.69 Å². The first-order valence-corrected chi connectivity index (χ1v) is 14.8. The SMILES string of the molecule is CCN(CC)CC(=O)Nc1c(C)cccc1C.CN(Cc1ccc(C(C)(C)C)cc1)Cc1cccc2ccccc12.Cl. The highest BCUT2D eigenvalue weighted by Crippen LogP contribution is 2.24. The molecule has 0 aliphatic rings. The fourth-order valence-electron chi connectivity index (χ4n) is 5.04. The van der Waals surface area contributed by atoms with Gasteiger partial charge in [0.25, 0.3) is 0 Å². The van der Waals surface area contributed by atoms with Gasteiger partial charge >= 0.3 is 0 Å². The van der Waals surface area contributed by atoms with Crippen molar-refractivity contribution in [2.75, 3.05) is 32.0 Å². The van der Waals surface area contributed by atoms with Crippen LogP contribution in [0.3, 0.4) is 0 Å². The lowest BCUT2D eigenvalue weighted by Gasteiger charge is -2.21. The molecule has 4 aromatic rings. The predicted octanol–water partition coefficient (Wildman–Crippen LogP) is 8.77. The first-order valence-electron chi connectivity index (χ1n) is 14.8. The van der Waals surface area contributed by atoms with Crippen molar-refractivity contribution in [3.63, 3.8) is 0 Å². The van der Waals surface area contributed by atoms with Crippen molar-refractivity contribution in [3.8, 4) is 0 Å². The molecule has 0 bridgehead atoms. The Bertz CT molecular complexity index is 1380. The minimum absolute atomic E-state index is 0. The molecule has 1 N–H and O–H groups in total. The lowest BCUT2D eigenvalue weighted by atomic mass is 9.87. The van der Waals surface area contributed by atoms with E-state index in [4.69, 9.17) is 0 Å². The molecule has 0 aromatic heterocycles. The van der Waals surface area contributed by atoms with E-state index in [1.165, 1.54) is 27.5 Å². The molecule has 42 heavy (non-hydrogen) atoms. The van der Waals surface area contributed by atoms with Gasteiger partial charge in [0.1, 0.15) is 0 Å². The number of hydrogen-bond acceptors (Lipinski definition) is 3. The number of carbonyl (C=O) groups is 1. The number of carbonyl (C=O) groups excluding carboxylic acids is 1. The summed E-state index contributed by atoms with van der Waals surface area (Å²) in [6.45, 7) is 19.1. The van der Waals surface area contributed by atoms with Gasteiger partial charge in [-0.1, -0.05) is 120 Å². The topological polar surface area (TPSA) is 35.6 Å². The molecule has 0 spiro atoms. The molecule has 0 saturated carbocycles. The number of amides is 1. The molecule has 0 saturated heterocycles. The largest absolute Gasteiger partial charge is 0.324 e. The standard InChI is InChI=1S/C23H27N.C14H22N2O.ClH/c1-23(2,3)21-14-12-18(13-15-21)16-24(4)17-20-10-7-9-19-8-5-6-11-22(19)20;1-5-16(6-2)10-13(17)15-14-11(3)8-7-9-12(14)4;/h5-15H,16-17H2,1-4H3;7-9H,5-6,10H2,1-4H3,(H,15,17);1H. The number of hydrogen-bond donors (Lipinski definition) is 1. The fraction of sp³-hybridized carbons (Fsp3) is 0.378. The molecular formula is C37H50ClN3O. The van der Waals surface area contributed by atoms with Gasteiger partial charge in [0, 0.05) is 18.8 Å². The number of rotatable bonds is 9. The first-order chi connectivity index (χ1) is 19.5. The molecule has 0 radical (unpaired) electrons. The first kappa shape index (κ1) is 35.0. The van der Waals surface area contributed by atoms with E-state index < -0.39 is 0 Å². The molecule has 0 unspecified atom stereocenters. The van der Waals surface area contributed by atoms with Gasteiger partial charge in [-0.2, -0.15) is 0 Å². The maximum Gasteiger partial charge on any atom is 0.238 e. The van der Waals surface area contributed by atoms with Crippen LogP contribution in [0.15, 0.2) is 84.9 Å². The molecule has 4 nitrogen and oxygen atoms in total. The number of likely N-dealkylation sites (N-methyl/N-ethyl adjacent to an activating group) is 1. The Morgan fingerprint density at radius 1 is 0.762 bits per heavy atom. The molecule has 0 atom stereocenters. The van der Waals surface area contributed by atoms with E-state index in [9.17, 15) is 4.79 Å². The minimum atomic E-state index is 0. The highest BCUT2D eigenvalue weighted by atomic mass is 35.5. The average molecular weight is 588 g/mol. The summed E-state index contributed by atoms with van der Waals surface area (Å²) in [6.07, 6.45) is 0. The van der Waals surface area contributed by atoms with E-state index in [-0.39, 0.29) is 23.7 Å². The summed E-state index contributed by atoms with van der Waals surface area (Å²) in [7, 11) is 2.19. The van der Waals surface area contributed by atoms with Crippen LogP contribution in [0.1, 0.15) is 62.4 Å². The lowest BCUT2D eigenvalue weighted by molar-refractivity contribution is -0.117. The van der Waals surface area contributed by atoms with E-state index in [1.54, 1.807) is 0 Å². The quantitative estimate of drug-likeness (QED) is 0.212. The van der Waals surface area contributed by atoms with E-state index in [0.717, 1.165) is 43.0 Å². The number of nitrogens with zero attached hydrogens (tertiary/aromatic N) is 2. The van der Waals surface area contributed by atoms with Crippen molar-refractivity contribution < 1.29 is 4.79 Å². The Balaban J connectivity index is 0.000000305. The summed E-state index contributed by atoms with van der Waals surface area (Å²) in [5, 5.41) is 5.67. The highest BCUT2D eigenvalue weighted by molar-refractivity contribution is 5.93. The average Bonchev–Trinajstić information content (AvgIpc) is 2.94. The van der Waals surface area contributed by atoms with Gasteiger partial charge in [0.15, 0.2) is 0 Å². The van der Waals surface area contributed by atoms with Crippen LogP contribution < -0.4 is 5.32 Å². The normalized spacial score (nSPS) is 11.2. The second-order valence-electron chi connectivity index (χ2n) is 12.0. The number of fused-ring (bicyclic) bond motifs is 1. The molecular weight excluding hydrogens is 538 g/mol. The van der Waals surface area contributed by atoms with Gasteiger partial charge in [-0.3, -0.25) is 14.6 Å². The van der Waals surface area contributed by atoms with Gasteiger partial charge in [-0.05, 0) is 78.0 Å². The third-order valence-corrected chi connectivity index (χ3v) is 7.60. The van der Waals surface area contributed by atoms with E-state index in [0.29, 0.717) is 6.54 Å². The van der Waals surface area contributed by atoms with Crippen LogP contribution in [0.5, 0.6) is 0 Å². The zero-order valence-electron chi connectivity index (χ0n) is 26.8. The predicted molar refractivity (Wildman–Crippen MR) is 184 cm³/mol. The number of nitrogens with one attached hydrogen (secondary N) is 1. The molecule has 1 amide bonds. The van der Waals surface area contributed by atoms with Crippen LogP contribution in [0.2, 0.25) is 0 Å². The Morgan fingerprint density at radius 2 is 1.33 bits per heavy atom. The molecule has 0 aliphatic carbocycles. The Hall–Kier alpha value is -3.18. The third-order valence-electron chi connectivity index (χ3n) is 7.60. The Kier molecular flexibility index (Phi) is 13.7. The number of para-hydroxylation sites is 1. The number of aryl methyl sites for hydroxylation is 2.